The number of anilines is 2. The number of aliphatic hydroxyl groups excluding tert-OH is 2. The van der Waals surface area contributed by atoms with Crippen LogP contribution in [0.25, 0.3) is 11.2 Å². The lowest BCUT2D eigenvalue weighted by atomic mass is 10.1. The Labute approximate surface area is 202 Å². The third kappa shape index (κ3) is 7.26. The summed E-state index contributed by atoms with van der Waals surface area (Å²) >= 11 is 0. The number of imidazole rings is 1. The monoisotopic (exact) mass is 578 g/mol. The van der Waals surface area contributed by atoms with Crippen LogP contribution in [0.3, 0.4) is 0 Å². The Morgan fingerprint density at radius 1 is 1.11 bits per heavy atom. The molecule has 3 rings (SSSR count). The average Bonchev–Trinajstić information content (AvgIpc) is 3.23. The van der Waals surface area contributed by atoms with Gasteiger partial charge < -0.3 is 45.6 Å². The molecular weight excluding hydrogens is 553 g/mol. The first-order valence-corrected chi connectivity index (χ1v) is 14.5. The quantitative estimate of drug-likeness (QED) is 0.155. The second-order valence-electron chi connectivity index (χ2n) is 7.96. The predicted molar refractivity (Wildman–Crippen MR) is 119 cm³/mol. The number of aromatic nitrogens is 4. The number of phosphoric acid groups is 3. The summed E-state index contributed by atoms with van der Waals surface area (Å²) in [7, 11) is -16.7. The zero-order valence-corrected chi connectivity index (χ0v) is 21.3. The molecule has 1 saturated heterocycles. The summed E-state index contributed by atoms with van der Waals surface area (Å²) in [6.45, 7) is 3.52. The molecule has 0 amide bonds. The number of nitrogens with two attached hydrogens (primary N) is 1. The summed E-state index contributed by atoms with van der Waals surface area (Å²) in [6.07, 6.45) is -4.89. The molecule has 204 valence electrons. The van der Waals surface area contributed by atoms with Crippen LogP contribution in [-0.2, 0) is 31.6 Å². The number of phosphoric ester groups is 1. The van der Waals surface area contributed by atoms with Crippen molar-refractivity contribution in [2.75, 3.05) is 24.2 Å². The lowest BCUT2D eigenvalue weighted by molar-refractivity contribution is -0.0503. The normalized spacial score (nSPS) is 26.2. The maximum atomic E-state index is 11.9. The Morgan fingerprint density at radius 3 is 2.39 bits per heavy atom. The van der Waals surface area contributed by atoms with E-state index >= 15 is 0 Å². The largest absolute Gasteiger partial charge is 0.490 e. The van der Waals surface area contributed by atoms with Crippen molar-refractivity contribution in [3.8, 4) is 0 Å². The smallest absolute Gasteiger partial charge is 0.387 e. The van der Waals surface area contributed by atoms with Crippen LogP contribution in [0.2, 0.25) is 0 Å². The number of aliphatic hydroxyl groups is 2. The molecule has 1 fully saturated rings. The highest BCUT2D eigenvalue weighted by molar-refractivity contribution is 7.66. The maximum Gasteiger partial charge on any atom is 0.490 e. The number of hydrogen-bond donors (Lipinski definition) is 8. The molecule has 0 saturated carbocycles. The first kappa shape index (κ1) is 29.0. The van der Waals surface area contributed by atoms with Gasteiger partial charge >= 0.3 is 23.5 Å². The van der Waals surface area contributed by atoms with Crippen LogP contribution in [0.5, 0.6) is 0 Å². The van der Waals surface area contributed by atoms with E-state index in [1.807, 2.05) is 13.8 Å². The SMILES string of the molecule is CC(C)CNc1nc(N)nc2c1ncn2[C@H]1O[C@@H](COP(=O)(O)OP(=O)(O)OP(=O)(O)O)[C@H](O)[C@@H]1O. The van der Waals surface area contributed by atoms with E-state index in [4.69, 9.17) is 20.3 Å². The Balaban J connectivity index is 1.74. The highest BCUT2D eigenvalue weighted by Crippen LogP contribution is 2.66. The van der Waals surface area contributed by atoms with Crippen LogP contribution in [0.1, 0.15) is 20.1 Å². The summed E-state index contributed by atoms with van der Waals surface area (Å²) < 4.78 is 52.5. The highest BCUT2D eigenvalue weighted by Gasteiger charge is 2.47. The van der Waals surface area contributed by atoms with Crippen molar-refractivity contribution in [2.45, 2.75) is 38.4 Å². The van der Waals surface area contributed by atoms with Gasteiger partial charge in [-0.3, -0.25) is 9.09 Å². The first-order valence-electron chi connectivity index (χ1n) is 10.0. The van der Waals surface area contributed by atoms with Gasteiger partial charge in [-0.25, -0.2) is 18.7 Å². The Morgan fingerprint density at radius 2 is 1.78 bits per heavy atom. The molecule has 3 heterocycles. The second-order valence-corrected chi connectivity index (χ2v) is 12.4. The van der Waals surface area contributed by atoms with E-state index in [0.29, 0.717) is 12.4 Å². The molecule has 0 aromatic carbocycles. The molecule has 36 heavy (non-hydrogen) atoms. The van der Waals surface area contributed by atoms with Gasteiger partial charge in [-0.1, -0.05) is 13.8 Å². The summed E-state index contributed by atoms with van der Waals surface area (Å²) in [4.78, 5) is 48.3. The molecule has 19 nitrogen and oxygen atoms in total. The fourth-order valence-corrected chi connectivity index (χ4v) is 6.14. The predicted octanol–water partition coefficient (Wildman–Crippen LogP) is -0.561. The van der Waals surface area contributed by atoms with Gasteiger partial charge in [0.15, 0.2) is 23.2 Å². The van der Waals surface area contributed by atoms with Crippen LogP contribution in [0.4, 0.5) is 11.8 Å². The molecule has 2 unspecified atom stereocenters. The van der Waals surface area contributed by atoms with Crippen molar-refractivity contribution >= 4 is 46.4 Å². The Hall–Kier alpha value is -1.56. The molecule has 0 aliphatic carbocycles. The summed E-state index contributed by atoms with van der Waals surface area (Å²) in [5, 5.41) is 23.9. The van der Waals surface area contributed by atoms with Crippen molar-refractivity contribution in [2.24, 2.45) is 5.92 Å². The van der Waals surface area contributed by atoms with Gasteiger partial charge in [0.2, 0.25) is 5.95 Å². The van der Waals surface area contributed by atoms with Crippen molar-refractivity contribution < 1.29 is 61.4 Å². The van der Waals surface area contributed by atoms with Crippen molar-refractivity contribution in [3.63, 3.8) is 0 Å². The molecule has 2 aromatic heterocycles. The topological polar surface area (TPSA) is 291 Å². The van der Waals surface area contributed by atoms with Crippen molar-refractivity contribution in [1.29, 1.82) is 0 Å². The van der Waals surface area contributed by atoms with Gasteiger partial charge in [-0.05, 0) is 5.92 Å². The van der Waals surface area contributed by atoms with E-state index in [-0.39, 0.29) is 23.0 Å². The second kappa shape index (κ2) is 10.7. The molecule has 1 aliphatic rings. The number of hydrogen-bond acceptors (Lipinski definition) is 14. The van der Waals surface area contributed by atoms with Crippen LogP contribution in [0.15, 0.2) is 6.33 Å². The number of rotatable bonds is 11. The van der Waals surface area contributed by atoms with Gasteiger partial charge in [-0.15, -0.1) is 0 Å². The van der Waals surface area contributed by atoms with Crippen molar-refractivity contribution in [1.82, 2.24) is 19.5 Å². The lowest BCUT2D eigenvalue weighted by Gasteiger charge is -2.19. The highest BCUT2D eigenvalue weighted by atomic mass is 31.3. The maximum absolute atomic E-state index is 11.9. The van der Waals surface area contributed by atoms with E-state index in [1.165, 1.54) is 10.9 Å². The van der Waals surface area contributed by atoms with E-state index in [2.05, 4.69) is 33.4 Å². The van der Waals surface area contributed by atoms with Crippen LogP contribution in [-0.4, -0.2) is 80.8 Å². The lowest BCUT2D eigenvalue weighted by Crippen LogP contribution is -2.33. The zero-order valence-electron chi connectivity index (χ0n) is 18.6. The van der Waals surface area contributed by atoms with Gasteiger partial charge in [0, 0.05) is 6.54 Å². The third-order valence-electron chi connectivity index (χ3n) is 4.55. The standard InChI is InChI=1S/C14H25N6O13P3/c1-6(2)3-16-11-8-12(19-14(15)18-11)20(5-17-8)13-10(22)9(21)7(31-13)4-30-35(26,27)33-36(28,29)32-34(23,24)25/h5-7,9-10,13,21-22H,3-4H2,1-2H3,(H,26,27)(H,28,29)(H2,23,24,25)(H3,15,16,18,19)/t7-,9-,10-,13-/m0/s1. The third-order valence-corrected chi connectivity index (χ3v) is 8.35. The van der Waals surface area contributed by atoms with E-state index < -0.39 is 54.6 Å². The minimum atomic E-state index is -5.72. The van der Waals surface area contributed by atoms with Crippen LogP contribution >= 0.6 is 23.5 Å². The minimum absolute atomic E-state index is 0.118. The average molecular weight is 578 g/mol. The van der Waals surface area contributed by atoms with Gasteiger partial charge in [0.25, 0.3) is 0 Å². The zero-order chi connectivity index (χ0) is 27.1. The van der Waals surface area contributed by atoms with Crippen molar-refractivity contribution in [3.05, 3.63) is 6.33 Å². The fraction of sp³-hybridized carbons (Fsp3) is 0.643. The van der Waals surface area contributed by atoms with E-state index in [9.17, 15) is 33.7 Å². The molecule has 6 atom stereocenters. The molecule has 2 aromatic rings. The number of ether oxygens (including phenoxy) is 1. The van der Waals surface area contributed by atoms with E-state index in [1.54, 1.807) is 0 Å². The summed E-state index contributed by atoms with van der Waals surface area (Å²) in [5.74, 6) is 0.471. The van der Waals surface area contributed by atoms with Crippen LogP contribution < -0.4 is 11.1 Å². The molecule has 9 N–H and O–H groups in total. The molecule has 1 aliphatic heterocycles. The molecule has 0 radical (unpaired) electrons. The fourth-order valence-electron chi connectivity index (χ4n) is 3.11. The molecule has 22 heteroatoms. The number of nitrogens with zero attached hydrogens (tertiary/aromatic N) is 4. The van der Waals surface area contributed by atoms with E-state index in [0.717, 1.165) is 0 Å². The Kier molecular flexibility index (Phi) is 8.59. The summed E-state index contributed by atoms with van der Waals surface area (Å²) in [6, 6.07) is 0. The molecular formula is C14H25N6O13P3. The first-order chi connectivity index (χ1) is 16.5. The van der Waals surface area contributed by atoms with Gasteiger partial charge in [0.1, 0.15) is 18.3 Å². The van der Waals surface area contributed by atoms with Crippen LogP contribution in [0, 0.1) is 5.92 Å². The molecule has 0 spiro atoms. The number of fused-ring (bicyclic) bond motifs is 1. The number of nitrogens with one attached hydrogen (secondary N) is 1. The van der Waals surface area contributed by atoms with Gasteiger partial charge in [-0.2, -0.15) is 18.6 Å². The Bertz CT molecular complexity index is 1240. The summed E-state index contributed by atoms with van der Waals surface area (Å²) in [5.41, 5.74) is 6.20. The van der Waals surface area contributed by atoms with Gasteiger partial charge in [0.05, 0.1) is 12.9 Å². The molecule has 0 bridgehead atoms. The number of nitrogen functional groups attached to an aromatic ring is 1. The minimum Gasteiger partial charge on any atom is -0.387 e.